The van der Waals surface area contributed by atoms with Gasteiger partial charge in [-0.1, -0.05) is 20.8 Å². The van der Waals surface area contributed by atoms with E-state index >= 15 is 0 Å². The monoisotopic (exact) mass is 322 g/mol. The zero-order valence-corrected chi connectivity index (χ0v) is 14.8. The summed E-state index contributed by atoms with van der Waals surface area (Å²) in [6, 6.07) is 5.25. The minimum Gasteiger partial charge on any atom is -0.490 e. The summed E-state index contributed by atoms with van der Waals surface area (Å²) >= 11 is 0. The van der Waals surface area contributed by atoms with Crippen LogP contribution in [0.15, 0.2) is 18.2 Å². The SMILES string of the molecule is CCCOc1ccc(C(=O)NCC(N)(CC)CC)cc1OCC. The van der Waals surface area contributed by atoms with E-state index < -0.39 is 0 Å². The van der Waals surface area contributed by atoms with E-state index in [0.29, 0.717) is 36.8 Å². The zero-order valence-electron chi connectivity index (χ0n) is 14.8. The number of nitrogens with one attached hydrogen (secondary N) is 1. The topological polar surface area (TPSA) is 73.6 Å². The van der Waals surface area contributed by atoms with Crippen LogP contribution in [0.3, 0.4) is 0 Å². The average Bonchev–Trinajstić information content (AvgIpc) is 2.58. The smallest absolute Gasteiger partial charge is 0.251 e. The van der Waals surface area contributed by atoms with E-state index in [-0.39, 0.29) is 11.4 Å². The molecule has 0 aliphatic carbocycles. The molecule has 0 fully saturated rings. The van der Waals surface area contributed by atoms with Crippen LogP contribution >= 0.6 is 0 Å². The van der Waals surface area contributed by atoms with Crippen molar-refractivity contribution in [2.45, 2.75) is 52.5 Å². The van der Waals surface area contributed by atoms with Gasteiger partial charge in [0.15, 0.2) is 11.5 Å². The van der Waals surface area contributed by atoms with E-state index in [1.807, 2.05) is 27.7 Å². The van der Waals surface area contributed by atoms with Crippen molar-refractivity contribution in [3.05, 3.63) is 23.8 Å². The molecule has 0 saturated heterocycles. The quantitative estimate of drug-likeness (QED) is 0.694. The molecule has 1 rings (SSSR count). The van der Waals surface area contributed by atoms with Crippen LogP contribution in [0.25, 0.3) is 0 Å². The first-order valence-corrected chi connectivity index (χ1v) is 8.46. The van der Waals surface area contributed by atoms with E-state index in [0.717, 1.165) is 19.3 Å². The zero-order chi connectivity index (χ0) is 17.3. The summed E-state index contributed by atoms with van der Waals surface area (Å²) in [5, 5.41) is 2.91. The maximum Gasteiger partial charge on any atom is 0.251 e. The van der Waals surface area contributed by atoms with Crippen molar-refractivity contribution in [1.82, 2.24) is 5.32 Å². The second-order valence-corrected chi connectivity index (χ2v) is 5.70. The first kappa shape index (κ1) is 19.3. The Kier molecular flexibility index (Phi) is 7.89. The average molecular weight is 322 g/mol. The second-order valence-electron chi connectivity index (χ2n) is 5.70. The van der Waals surface area contributed by atoms with Gasteiger partial charge in [0.2, 0.25) is 0 Å². The Morgan fingerprint density at radius 1 is 1.13 bits per heavy atom. The third-order valence-electron chi connectivity index (χ3n) is 3.98. The highest BCUT2D eigenvalue weighted by Crippen LogP contribution is 2.28. The maximum atomic E-state index is 12.3. The molecular formula is C18H30N2O3. The minimum absolute atomic E-state index is 0.148. The van der Waals surface area contributed by atoms with Gasteiger partial charge in [0, 0.05) is 17.6 Å². The van der Waals surface area contributed by atoms with Gasteiger partial charge in [-0.3, -0.25) is 4.79 Å². The number of hydrogen-bond donors (Lipinski definition) is 2. The molecular weight excluding hydrogens is 292 g/mol. The fourth-order valence-corrected chi connectivity index (χ4v) is 2.11. The predicted molar refractivity (Wildman–Crippen MR) is 93.2 cm³/mol. The van der Waals surface area contributed by atoms with Crippen molar-refractivity contribution in [3.63, 3.8) is 0 Å². The van der Waals surface area contributed by atoms with Gasteiger partial charge in [-0.2, -0.15) is 0 Å². The van der Waals surface area contributed by atoms with Gasteiger partial charge in [-0.15, -0.1) is 0 Å². The van der Waals surface area contributed by atoms with Crippen LogP contribution in [0.4, 0.5) is 0 Å². The van der Waals surface area contributed by atoms with Crippen molar-refractivity contribution < 1.29 is 14.3 Å². The normalized spacial score (nSPS) is 11.2. The van der Waals surface area contributed by atoms with E-state index in [1.54, 1.807) is 18.2 Å². The Morgan fingerprint density at radius 2 is 1.83 bits per heavy atom. The van der Waals surface area contributed by atoms with Crippen LogP contribution in [0, 0.1) is 0 Å². The highest BCUT2D eigenvalue weighted by atomic mass is 16.5. The molecule has 0 saturated carbocycles. The van der Waals surface area contributed by atoms with Gasteiger partial charge in [-0.05, 0) is 44.4 Å². The molecule has 5 heteroatoms. The highest BCUT2D eigenvalue weighted by molar-refractivity contribution is 5.94. The molecule has 0 aliphatic heterocycles. The molecule has 0 spiro atoms. The van der Waals surface area contributed by atoms with Crippen molar-refractivity contribution >= 4 is 5.91 Å². The summed E-state index contributed by atoms with van der Waals surface area (Å²) in [5.74, 6) is 1.11. The molecule has 1 amide bonds. The Morgan fingerprint density at radius 3 is 2.39 bits per heavy atom. The Balaban J connectivity index is 2.82. The molecule has 0 bridgehead atoms. The highest BCUT2D eigenvalue weighted by Gasteiger charge is 2.21. The van der Waals surface area contributed by atoms with E-state index in [4.69, 9.17) is 15.2 Å². The van der Waals surface area contributed by atoms with Crippen LogP contribution in [-0.4, -0.2) is 31.2 Å². The second kappa shape index (κ2) is 9.40. The van der Waals surface area contributed by atoms with E-state index in [1.165, 1.54) is 0 Å². The molecule has 23 heavy (non-hydrogen) atoms. The van der Waals surface area contributed by atoms with Crippen molar-refractivity contribution in [3.8, 4) is 11.5 Å². The molecule has 5 nitrogen and oxygen atoms in total. The number of amides is 1. The number of carbonyl (C=O) groups is 1. The summed E-state index contributed by atoms with van der Waals surface area (Å²) in [5.41, 5.74) is 6.41. The van der Waals surface area contributed by atoms with Crippen LogP contribution in [0.2, 0.25) is 0 Å². The van der Waals surface area contributed by atoms with Crippen LogP contribution in [0.5, 0.6) is 11.5 Å². The van der Waals surface area contributed by atoms with E-state index in [2.05, 4.69) is 5.32 Å². The molecule has 130 valence electrons. The number of hydrogen-bond acceptors (Lipinski definition) is 4. The Hall–Kier alpha value is -1.75. The van der Waals surface area contributed by atoms with Crippen molar-refractivity contribution in [2.75, 3.05) is 19.8 Å². The Labute approximate surface area is 139 Å². The lowest BCUT2D eigenvalue weighted by Crippen LogP contribution is -2.49. The number of ether oxygens (including phenoxy) is 2. The number of carbonyl (C=O) groups excluding carboxylic acids is 1. The largest absolute Gasteiger partial charge is 0.490 e. The van der Waals surface area contributed by atoms with Gasteiger partial charge in [0.1, 0.15) is 0 Å². The van der Waals surface area contributed by atoms with Crippen LogP contribution in [-0.2, 0) is 0 Å². The van der Waals surface area contributed by atoms with Gasteiger partial charge in [0.05, 0.1) is 13.2 Å². The summed E-state index contributed by atoms with van der Waals surface area (Å²) in [6.07, 6.45) is 2.55. The molecule has 0 aliphatic rings. The minimum atomic E-state index is -0.359. The molecule has 0 unspecified atom stereocenters. The molecule has 0 atom stereocenters. The molecule has 1 aromatic carbocycles. The van der Waals surface area contributed by atoms with Gasteiger partial charge >= 0.3 is 0 Å². The lowest BCUT2D eigenvalue weighted by molar-refractivity contribution is 0.0941. The van der Waals surface area contributed by atoms with Crippen molar-refractivity contribution in [1.29, 1.82) is 0 Å². The number of rotatable bonds is 10. The Bertz CT molecular complexity index is 499. The third-order valence-corrected chi connectivity index (χ3v) is 3.98. The standard InChI is InChI=1S/C18H30N2O3/c1-5-11-23-15-10-9-14(12-16(15)22-8-4)17(21)20-13-18(19,6-2)7-3/h9-10,12H,5-8,11,13,19H2,1-4H3,(H,20,21). The van der Waals surface area contributed by atoms with Gasteiger partial charge in [-0.25, -0.2) is 0 Å². The summed E-state index contributed by atoms with van der Waals surface area (Å²) in [4.78, 5) is 12.3. The lowest BCUT2D eigenvalue weighted by atomic mass is 9.94. The fraction of sp³-hybridized carbons (Fsp3) is 0.611. The molecule has 0 aromatic heterocycles. The summed E-state index contributed by atoms with van der Waals surface area (Å²) < 4.78 is 11.2. The molecule has 0 heterocycles. The first-order valence-electron chi connectivity index (χ1n) is 8.46. The van der Waals surface area contributed by atoms with Gasteiger partial charge < -0.3 is 20.5 Å². The van der Waals surface area contributed by atoms with Gasteiger partial charge in [0.25, 0.3) is 5.91 Å². The predicted octanol–water partition coefficient (Wildman–Crippen LogP) is 3.12. The summed E-state index contributed by atoms with van der Waals surface area (Å²) in [6.45, 7) is 9.60. The van der Waals surface area contributed by atoms with Crippen LogP contribution < -0.4 is 20.5 Å². The first-order chi connectivity index (χ1) is 11.0. The van der Waals surface area contributed by atoms with Crippen LogP contribution in [0.1, 0.15) is 57.3 Å². The maximum absolute atomic E-state index is 12.3. The molecule has 0 radical (unpaired) electrons. The third kappa shape index (κ3) is 5.75. The summed E-state index contributed by atoms with van der Waals surface area (Å²) in [7, 11) is 0. The fourth-order valence-electron chi connectivity index (χ4n) is 2.11. The number of nitrogens with two attached hydrogens (primary N) is 1. The van der Waals surface area contributed by atoms with Crippen molar-refractivity contribution in [2.24, 2.45) is 5.73 Å². The lowest BCUT2D eigenvalue weighted by Gasteiger charge is -2.26. The van der Waals surface area contributed by atoms with E-state index in [9.17, 15) is 4.79 Å². The number of benzene rings is 1. The molecule has 3 N–H and O–H groups in total. The molecule has 1 aromatic rings.